The van der Waals surface area contributed by atoms with E-state index in [9.17, 15) is 9.59 Å². The van der Waals surface area contributed by atoms with Crippen molar-refractivity contribution in [2.24, 2.45) is 16.8 Å². The van der Waals surface area contributed by atoms with Crippen LogP contribution in [0.1, 0.15) is 82.1 Å². The summed E-state index contributed by atoms with van der Waals surface area (Å²) in [6, 6.07) is 5.19. The van der Waals surface area contributed by atoms with Crippen LogP contribution in [0.2, 0.25) is 0 Å². The number of ether oxygens (including phenoxy) is 1. The van der Waals surface area contributed by atoms with Crippen molar-refractivity contribution in [3.63, 3.8) is 0 Å². The number of nitrogens with one attached hydrogen (secondary N) is 1. The molecule has 180 valence electrons. The molecule has 1 aliphatic carbocycles. The highest BCUT2D eigenvalue weighted by atomic mass is 16.5. The topological polar surface area (TPSA) is 114 Å². The summed E-state index contributed by atoms with van der Waals surface area (Å²) in [5.41, 5.74) is 8.61. The van der Waals surface area contributed by atoms with E-state index in [0.717, 1.165) is 36.8 Å². The molecule has 0 heterocycles. The molecule has 1 atom stereocenters. The predicted molar refractivity (Wildman–Crippen MR) is 132 cm³/mol. The number of nitrogens with two attached hydrogens (primary N) is 1. The monoisotopic (exact) mass is 455 g/mol. The third kappa shape index (κ3) is 7.20. The highest BCUT2D eigenvalue weighted by Gasteiger charge is 2.26. The Hall–Kier alpha value is -3.09. The van der Waals surface area contributed by atoms with Crippen molar-refractivity contribution < 1.29 is 19.5 Å². The van der Waals surface area contributed by atoms with E-state index in [1.54, 1.807) is 25.3 Å². The molecule has 0 aromatic heterocycles. The molecule has 2 rings (SSSR count). The number of primary amides is 1. The first-order valence-corrected chi connectivity index (χ1v) is 11.5. The minimum Gasteiger partial charge on any atom is -0.496 e. The number of carbonyl (C=O) groups excluding carboxylic acids is 2. The number of hydrogen-bond acceptors (Lipinski definition) is 5. The lowest BCUT2D eigenvalue weighted by Crippen LogP contribution is -2.23. The van der Waals surface area contributed by atoms with Gasteiger partial charge in [-0.1, -0.05) is 64.3 Å². The van der Waals surface area contributed by atoms with Gasteiger partial charge in [-0.05, 0) is 41.0 Å². The number of hydrogen-bond donors (Lipinski definition) is 3. The average Bonchev–Trinajstić information content (AvgIpc) is 2.77. The summed E-state index contributed by atoms with van der Waals surface area (Å²) >= 11 is 0. The van der Waals surface area contributed by atoms with Gasteiger partial charge in [0, 0.05) is 30.2 Å². The first-order chi connectivity index (χ1) is 15.6. The van der Waals surface area contributed by atoms with Gasteiger partial charge in [0.1, 0.15) is 5.76 Å². The molecule has 0 saturated carbocycles. The lowest BCUT2D eigenvalue weighted by molar-refractivity contribution is -0.116. The Balaban J connectivity index is 2.30. The maximum Gasteiger partial charge on any atom is 0.248 e. The molecular weight excluding hydrogens is 418 g/mol. The van der Waals surface area contributed by atoms with E-state index in [-0.39, 0.29) is 23.7 Å². The summed E-state index contributed by atoms with van der Waals surface area (Å²) in [5, 5.41) is 15.4. The van der Waals surface area contributed by atoms with Crippen molar-refractivity contribution in [3.05, 3.63) is 52.8 Å². The van der Waals surface area contributed by atoms with Crippen LogP contribution in [0.3, 0.4) is 0 Å². The van der Waals surface area contributed by atoms with Gasteiger partial charge in [-0.15, -0.1) is 0 Å². The van der Waals surface area contributed by atoms with Crippen LogP contribution in [-0.2, 0) is 14.9 Å². The summed E-state index contributed by atoms with van der Waals surface area (Å²) in [5.74, 6) is -0.0940. The van der Waals surface area contributed by atoms with E-state index in [0.29, 0.717) is 29.1 Å². The van der Waals surface area contributed by atoms with Crippen LogP contribution >= 0.6 is 0 Å². The number of anilines is 1. The smallest absolute Gasteiger partial charge is 0.248 e. The van der Waals surface area contributed by atoms with Gasteiger partial charge < -0.3 is 21.0 Å². The van der Waals surface area contributed by atoms with Gasteiger partial charge in [0.05, 0.1) is 12.8 Å². The molecule has 1 aromatic rings. The molecule has 7 heteroatoms. The largest absolute Gasteiger partial charge is 0.496 e. The molecule has 1 aromatic carbocycles. The first-order valence-electron chi connectivity index (χ1n) is 11.5. The molecule has 0 bridgehead atoms. The Morgan fingerprint density at radius 3 is 2.58 bits per heavy atom. The van der Waals surface area contributed by atoms with Gasteiger partial charge in [0.25, 0.3) is 0 Å². The van der Waals surface area contributed by atoms with Crippen LogP contribution in [0.5, 0.6) is 0 Å². The molecule has 4 N–H and O–H groups in total. The maximum atomic E-state index is 13.2. The molecule has 1 aliphatic rings. The van der Waals surface area contributed by atoms with Gasteiger partial charge >= 0.3 is 0 Å². The van der Waals surface area contributed by atoms with Gasteiger partial charge in [0.2, 0.25) is 11.8 Å². The fourth-order valence-electron chi connectivity index (χ4n) is 4.11. The van der Waals surface area contributed by atoms with E-state index in [1.807, 2.05) is 12.1 Å². The molecule has 33 heavy (non-hydrogen) atoms. The number of amides is 2. The van der Waals surface area contributed by atoms with Crippen LogP contribution in [0.4, 0.5) is 5.69 Å². The van der Waals surface area contributed by atoms with E-state index in [1.165, 1.54) is 0 Å². The Bertz CT molecular complexity index is 955. The molecule has 7 nitrogen and oxygen atoms in total. The number of methoxy groups -OCH3 is 1. The fraction of sp³-hybridized carbons (Fsp3) is 0.500. The van der Waals surface area contributed by atoms with Crippen LogP contribution in [0.15, 0.2) is 46.8 Å². The Morgan fingerprint density at radius 1 is 1.27 bits per heavy atom. The van der Waals surface area contributed by atoms with Crippen LogP contribution < -0.4 is 11.1 Å². The van der Waals surface area contributed by atoms with Crippen LogP contribution in [0.25, 0.3) is 0 Å². The van der Waals surface area contributed by atoms with Crippen LogP contribution in [0, 0.1) is 5.92 Å². The fourth-order valence-corrected chi connectivity index (χ4v) is 4.11. The Morgan fingerprint density at radius 2 is 2.00 bits per heavy atom. The standard InChI is InChI=1S/C26H37N3O4/c1-6-7-8-9-17(20-12-11-19(29-32)16-23(20)33-5)15-24(30)28-22-14-18(25(27)31)10-13-21(22)26(2,3)4/h10,12-14,16-17,32H,6-9,11,15H2,1-5H3,(H2,27,31)(H,28,30). The normalized spacial score (nSPS) is 16.1. The molecule has 0 spiro atoms. The minimum atomic E-state index is -0.535. The predicted octanol–water partition coefficient (Wildman–Crippen LogP) is 5.30. The summed E-state index contributed by atoms with van der Waals surface area (Å²) < 4.78 is 5.55. The van der Waals surface area contributed by atoms with Crippen molar-refractivity contribution in [1.82, 2.24) is 0 Å². The van der Waals surface area contributed by atoms with Crippen LogP contribution in [-0.4, -0.2) is 29.8 Å². The van der Waals surface area contributed by atoms with E-state index >= 15 is 0 Å². The third-order valence-corrected chi connectivity index (χ3v) is 5.88. The highest BCUT2D eigenvalue weighted by molar-refractivity contribution is 5.99. The molecule has 0 fully saturated rings. The van der Waals surface area contributed by atoms with Gasteiger partial charge in [0.15, 0.2) is 0 Å². The molecule has 2 amide bonds. The second kappa shape index (κ2) is 11.7. The molecule has 0 radical (unpaired) electrons. The van der Waals surface area contributed by atoms with Gasteiger partial charge in [-0.2, -0.15) is 0 Å². The van der Waals surface area contributed by atoms with Gasteiger partial charge in [-0.3, -0.25) is 9.59 Å². The summed E-state index contributed by atoms with van der Waals surface area (Å²) in [6.07, 6.45) is 8.45. The SMILES string of the molecule is CCCCCC(CC(=O)Nc1cc(C(N)=O)ccc1C(C)(C)C)C1=CCC(=NO)C=C1OC. The second-order valence-corrected chi connectivity index (χ2v) is 9.49. The number of unbranched alkanes of at least 4 members (excludes halogenated alkanes) is 2. The quantitative estimate of drug-likeness (QED) is 0.252. The minimum absolute atomic E-state index is 0.0413. The zero-order chi connectivity index (χ0) is 24.6. The third-order valence-electron chi connectivity index (χ3n) is 5.88. The van der Waals surface area contributed by atoms with Crippen molar-refractivity contribution in [2.45, 2.75) is 71.6 Å². The van der Waals surface area contributed by atoms with Gasteiger partial charge in [-0.25, -0.2) is 0 Å². The number of benzene rings is 1. The first kappa shape index (κ1) is 26.2. The molecule has 0 saturated heterocycles. The Labute approximate surface area is 196 Å². The molecular formula is C26H37N3O4. The van der Waals surface area contributed by atoms with Crippen molar-refractivity contribution >= 4 is 23.2 Å². The van der Waals surface area contributed by atoms with E-state index in [4.69, 9.17) is 15.7 Å². The summed E-state index contributed by atoms with van der Waals surface area (Å²) in [6.45, 7) is 8.31. The highest BCUT2D eigenvalue weighted by Crippen LogP contribution is 2.34. The number of oxime groups is 1. The van der Waals surface area contributed by atoms with E-state index < -0.39 is 5.91 Å². The van der Waals surface area contributed by atoms with Crippen molar-refractivity contribution in [1.29, 1.82) is 0 Å². The Kier molecular flexibility index (Phi) is 9.26. The summed E-state index contributed by atoms with van der Waals surface area (Å²) in [4.78, 5) is 24.9. The second-order valence-electron chi connectivity index (χ2n) is 9.49. The number of carbonyl (C=O) groups is 2. The lowest BCUT2D eigenvalue weighted by Gasteiger charge is -2.26. The molecule has 1 unspecified atom stereocenters. The summed E-state index contributed by atoms with van der Waals surface area (Å²) in [7, 11) is 1.58. The zero-order valence-electron chi connectivity index (χ0n) is 20.4. The maximum absolute atomic E-state index is 13.2. The van der Waals surface area contributed by atoms with Crippen molar-refractivity contribution in [2.75, 3.05) is 12.4 Å². The van der Waals surface area contributed by atoms with E-state index in [2.05, 4.69) is 38.2 Å². The number of nitrogens with zero attached hydrogens (tertiary/aromatic N) is 1. The average molecular weight is 456 g/mol. The number of rotatable bonds is 10. The zero-order valence-corrected chi connectivity index (χ0v) is 20.4. The lowest BCUT2D eigenvalue weighted by atomic mass is 9.84. The van der Waals surface area contributed by atoms with Crippen molar-refractivity contribution in [3.8, 4) is 0 Å². The molecule has 0 aliphatic heterocycles. The number of allylic oxidation sites excluding steroid dienone is 3.